The van der Waals surface area contributed by atoms with Crippen LogP contribution in [0.4, 0.5) is 5.69 Å². The molecule has 0 aliphatic carbocycles. The second-order valence-corrected chi connectivity index (χ2v) is 7.41. The fourth-order valence-corrected chi connectivity index (χ4v) is 3.10. The third kappa shape index (κ3) is 7.33. The minimum atomic E-state index is -1.28. The molecule has 0 spiro atoms. The fraction of sp³-hybridized carbons (Fsp3) is 0.348. The monoisotopic (exact) mass is 427 g/mol. The maximum absolute atomic E-state index is 12.9. The number of ether oxygens (including phenoxy) is 2. The number of rotatable bonds is 10. The molecule has 8 nitrogen and oxygen atoms in total. The number of nitrogens with one attached hydrogen (secondary N) is 2. The average Bonchev–Trinajstić information content (AvgIpc) is 2.76. The predicted molar refractivity (Wildman–Crippen MR) is 117 cm³/mol. The van der Waals surface area contributed by atoms with Crippen LogP contribution in [0.15, 0.2) is 48.5 Å². The summed E-state index contributed by atoms with van der Waals surface area (Å²) >= 11 is 0. The van der Waals surface area contributed by atoms with E-state index in [9.17, 15) is 14.4 Å². The van der Waals surface area contributed by atoms with E-state index in [1.807, 2.05) is 24.3 Å². The van der Waals surface area contributed by atoms with Crippen molar-refractivity contribution in [3.8, 4) is 5.75 Å². The van der Waals surface area contributed by atoms with Crippen molar-refractivity contribution in [1.29, 1.82) is 0 Å². The van der Waals surface area contributed by atoms with Crippen LogP contribution in [0.1, 0.15) is 24.5 Å². The molecule has 2 amide bonds. The maximum Gasteiger partial charge on any atom is 0.325 e. The number of methoxy groups -OCH3 is 2. The van der Waals surface area contributed by atoms with Gasteiger partial charge in [0.2, 0.25) is 11.8 Å². The molecule has 0 bridgehead atoms. The van der Waals surface area contributed by atoms with Gasteiger partial charge in [-0.25, -0.2) is 0 Å². The Labute approximate surface area is 182 Å². The lowest BCUT2D eigenvalue weighted by Crippen LogP contribution is -2.58. The molecule has 31 heavy (non-hydrogen) atoms. The maximum atomic E-state index is 12.9. The number of aryl methyl sites for hydroxylation is 1. The summed E-state index contributed by atoms with van der Waals surface area (Å²) in [7, 11) is 2.79. The van der Waals surface area contributed by atoms with Gasteiger partial charge in [0.25, 0.3) is 0 Å². The summed E-state index contributed by atoms with van der Waals surface area (Å²) in [5.41, 5.74) is 6.83. The smallest absolute Gasteiger partial charge is 0.325 e. The van der Waals surface area contributed by atoms with Gasteiger partial charge in [0.15, 0.2) is 0 Å². The molecule has 166 valence electrons. The molecule has 0 radical (unpaired) electrons. The van der Waals surface area contributed by atoms with Gasteiger partial charge in [-0.2, -0.15) is 0 Å². The lowest BCUT2D eigenvalue weighted by Gasteiger charge is -2.30. The second-order valence-electron chi connectivity index (χ2n) is 7.41. The van der Waals surface area contributed by atoms with Crippen LogP contribution in [-0.4, -0.2) is 44.1 Å². The quantitative estimate of drug-likeness (QED) is 0.392. The van der Waals surface area contributed by atoms with E-state index in [0.29, 0.717) is 17.9 Å². The van der Waals surface area contributed by atoms with Gasteiger partial charge in [0.1, 0.15) is 17.8 Å². The molecular formula is C23H29N3O5. The first-order valence-corrected chi connectivity index (χ1v) is 9.89. The van der Waals surface area contributed by atoms with Crippen molar-refractivity contribution in [2.45, 2.75) is 31.7 Å². The summed E-state index contributed by atoms with van der Waals surface area (Å²) in [4.78, 5) is 37.0. The summed E-state index contributed by atoms with van der Waals surface area (Å²) in [5.74, 6) is -0.701. The third-order valence-corrected chi connectivity index (χ3v) is 4.85. The highest BCUT2D eigenvalue weighted by Gasteiger charge is 2.35. The second kappa shape index (κ2) is 11.0. The van der Waals surface area contributed by atoms with Gasteiger partial charge in [-0.15, -0.1) is 0 Å². The van der Waals surface area contributed by atoms with Gasteiger partial charge in [0.05, 0.1) is 14.2 Å². The molecule has 4 N–H and O–H groups in total. The van der Waals surface area contributed by atoms with Crippen LogP contribution in [0.5, 0.6) is 5.75 Å². The number of esters is 1. The molecule has 0 aromatic heterocycles. The Kier molecular flexibility index (Phi) is 8.43. The molecule has 2 aromatic carbocycles. The molecule has 0 saturated carbocycles. The Balaban J connectivity index is 2.12. The highest BCUT2D eigenvalue weighted by Crippen LogP contribution is 2.19. The van der Waals surface area contributed by atoms with E-state index < -0.39 is 17.4 Å². The Bertz CT molecular complexity index is 914. The molecular weight excluding hydrogens is 398 g/mol. The number of hydrogen-bond acceptors (Lipinski definition) is 6. The number of anilines is 1. The SMILES string of the molecule is COC(=O)CNC(=O)[C@](C)(Cc1cccc(OC)c1)NC(=O)CCc1ccc(N)cc1. The molecule has 8 heteroatoms. The molecule has 2 aromatic rings. The first-order valence-electron chi connectivity index (χ1n) is 9.89. The predicted octanol–water partition coefficient (Wildman–Crippen LogP) is 1.62. The zero-order chi connectivity index (χ0) is 22.9. The number of carbonyl (C=O) groups is 3. The van der Waals surface area contributed by atoms with Crippen LogP contribution in [0.3, 0.4) is 0 Å². The summed E-state index contributed by atoms with van der Waals surface area (Å²) in [6.07, 6.45) is 0.915. The summed E-state index contributed by atoms with van der Waals surface area (Å²) in [6, 6.07) is 14.5. The minimum absolute atomic E-state index is 0.196. The fourth-order valence-electron chi connectivity index (χ4n) is 3.10. The number of nitrogen functional groups attached to an aromatic ring is 1. The number of hydrogen-bond donors (Lipinski definition) is 3. The van der Waals surface area contributed by atoms with E-state index in [4.69, 9.17) is 10.5 Å². The van der Waals surface area contributed by atoms with Gasteiger partial charge in [0, 0.05) is 18.5 Å². The Morgan fingerprint density at radius 3 is 2.39 bits per heavy atom. The van der Waals surface area contributed by atoms with Crippen LogP contribution in [-0.2, 0) is 32.0 Å². The van der Waals surface area contributed by atoms with Crippen molar-refractivity contribution in [3.05, 3.63) is 59.7 Å². The summed E-state index contributed by atoms with van der Waals surface area (Å²) in [5, 5.41) is 5.37. The van der Waals surface area contributed by atoms with Crippen molar-refractivity contribution in [2.75, 3.05) is 26.5 Å². The minimum Gasteiger partial charge on any atom is -0.497 e. The first kappa shape index (κ1) is 23.7. The van der Waals surface area contributed by atoms with Crippen molar-refractivity contribution in [1.82, 2.24) is 10.6 Å². The molecule has 0 unspecified atom stereocenters. The standard InChI is InChI=1S/C23H29N3O5/c1-23(22(29)25-15-21(28)31-3,14-17-5-4-6-19(13-17)30-2)26-20(27)12-9-16-7-10-18(24)11-8-16/h4-8,10-11,13H,9,12,14-15,24H2,1-3H3,(H,25,29)(H,26,27)/t23-/m0/s1. The Morgan fingerprint density at radius 1 is 1.03 bits per heavy atom. The highest BCUT2D eigenvalue weighted by molar-refractivity contribution is 5.93. The van der Waals surface area contributed by atoms with Gasteiger partial charge < -0.3 is 25.8 Å². The lowest BCUT2D eigenvalue weighted by molar-refractivity contribution is -0.142. The van der Waals surface area contributed by atoms with E-state index >= 15 is 0 Å². The van der Waals surface area contributed by atoms with E-state index in [1.165, 1.54) is 7.11 Å². The van der Waals surface area contributed by atoms with Crippen molar-refractivity contribution < 1.29 is 23.9 Å². The molecule has 0 aliphatic rings. The van der Waals surface area contributed by atoms with E-state index in [1.54, 1.807) is 38.3 Å². The summed E-state index contributed by atoms with van der Waals surface area (Å²) < 4.78 is 9.81. The van der Waals surface area contributed by atoms with Crippen LogP contribution >= 0.6 is 0 Å². The van der Waals surface area contributed by atoms with E-state index in [-0.39, 0.29) is 25.3 Å². The third-order valence-electron chi connectivity index (χ3n) is 4.85. The average molecular weight is 428 g/mol. The molecule has 0 fully saturated rings. The molecule has 1 atom stereocenters. The highest BCUT2D eigenvalue weighted by atomic mass is 16.5. The first-order chi connectivity index (χ1) is 14.8. The largest absolute Gasteiger partial charge is 0.497 e. The van der Waals surface area contributed by atoms with Gasteiger partial charge in [-0.05, 0) is 48.7 Å². The lowest BCUT2D eigenvalue weighted by atomic mass is 9.91. The van der Waals surface area contributed by atoms with Gasteiger partial charge in [-0.1, -0.05) is 24.3 Å². The van der Waals surface area contributed by atoms with E-state index in [0.717, 1.165) is 11.1 Å². The number of nitrogens with two attached hydrogens (primary N) is 1. The van der Waals surface area contributed by atoms with Gasteiger partial charge >= 0.3 is 5.97 Å². The van der Waals surface area contributed by atoms with Crippen LogP contribution in [0.2, 0.25) is 0 Å². The van der Waals surface area contributed by atoms with Crippen molar-refractivity contribution in [3.63, 3.8) is 0 Å². The van der Waals surface area contributed by atoms with E-state index in [2.05, 4.69) is 15.4 Å². The topological polar surface area (TPSA) is 120 Å². The van der Waals surface area contributed by atoms with Crippen molar-refractivity contribution >= 4 is 23.5 Å². The normalized spacial score (nSPS) is 12.4. The Morgan fingerprint density at radius 2 is 1.74 bits per heavy atom. The molecule has 2 rings (SSSR count). The number of amides is 2. The summed E-state index contributed by atoms with van der Waals surface area (Å²) in [6.45, 7) is 1.34. The van der Waals surface area contributed by atoms with Crippen LogP contribution in [0.25, 0.3) is 0 Å². The molecule has 0 aliphatic heterocycles. The van der Waals surface area contributed by atoms with Gasteiger partial charge in [-0.3, -0.25) is 14.4 Å². The zero-order valence-electron chi connectivity index (χ0n) is 18.1. The zero-order valence-corrected chi connectivity index (χ0v) is 18.1. The number of benzene rings is 2. The van der Waals surface area contributed by atoms with Crippen LogP contribution in [0, 0.1) is 0 Å². The Hall–Kier alpha value is -3.55. The van der Waals surface area contributed by atoms with Crippen LogP contribution < -0.4 is 21.1 Å². The number of carbonyl (C=O) groups excluding carboxylic acids is 3. The molecule has 0 saturated heterocycles. The van der Waals surface area contributed by atoms with Crippen molar-refractivity contribution in [2.24, 2.45) is 0 Å². The molecule has 0 heterocycles.